The summed E-state index contributed by atoms with van der Waals surface area (Å²) in [6, 6.07) is 21.6. The maximum absolute atomic E-state index is 12.3. The molecule has 0 aliphatic rings. The van der Waals surface area contributed by atoms with Crippen LogP contribution in [0.25, 0.3) is 22.5 Å². The molecule has 0 fully saturated rings. The van der Waals surface area contributed by atoms with Gasteiger partial charge in [0.2, 0.25) is 5.91 Å². The van der Waals surface area contributed by atoms with E-state index in [1.165, 1.54) is 0 Å². The standard InChI is InChI=1S/C25H22N4O/c1-2-22-14-20(12-13-27-22)17-8-10-18(11-9-17)23(24(26)30)21-15-28-25(29-16-21)19-6-4-3-5-7-19/h3-16,23H,2H2,1H3,(H2,26,30). The van der Waals surface area contributed by atoms with Crippen LogP contribution in [0.4, 0.5) is 0 Å². The first-order valence-electron chi connectivity index (χ1n) is 9.87. The monoisotopic (exact) mass is 394 g/mol. The first-order chi connectivity index (χ1) is 14.7. The maximum Gasteiger partial charge on any atom is 0.229 e. The number of hydrogen-bond donors (Lipinski definition) is 1. The lowest BCUT2D eigenvalue weighted by Gasteiger charge is -2.15. The number of pyridine rings is 1. The first-order valence-corrected chi connectivity index (χ1v) is 9.87. The number of nitrogens with zero attached hydrogens (tertiary/aromatic N) is 3. The molecular formula is C25H22N4O. The Kier molecular flexibility index (Phi) is 5.61. The van der Waals surface area contributed by atoms with Gasteiger partial charge in [0.15, 0.2) is 5.82 Å². The number of hydrogen-bond acceptors (Lipinski definition) is 4. The summed E-state index contributed by atoms with van der Waals surface area (Å²) < 4.78 is 0. The van der Waals surface area contributed by atoms with E-state index in [-0.39, 0.29) is 0 Å². The average molecular weight is 394 g/mol. The van der Waals surface area contributed by atoms with Crippen molar-refractivity contribution in [3.05, 3.63) is 102 Å². The number of primary amides is 1. The minimum absolute atomic E-state index is 0.434. The molecule has 4 rings (SSSR count). The maximum atomic E-state index is 12.3. The van der Waals surface area contributed by atoms with Crippen molar-refractivity contribution in [1.82, 2.24) is 15.0 Å². The van der Waals surface area contributed by atoms with Gasteiger partial charge in [-0.1, -0.05) is 61.5 Å². The molecule has 0 radical (unpaired) electrons. The van der Waals surface area contributed by atoms with Crippen LogP contribution < -0.4 is 5.73 Å². The van der Waals surface area contributed by atoms with E-state index in [0.717, 1.165) is 34.4 Å². The summed E-state index contributed by atoms with van der Waals surface area (Å²) in [4.78, 5) is 25.5. The molecule has 2 aromatic heterocycles. The van der Waals surface area contributed by atoms with Crippen LogP contribution >= 0.6 is 0 Å². The van der Waals surface area contributed by atoms with E-state index in [9.17, 15) is 4.79 Å². The SMILES string of the molecule is CCc1cc(-c2ccc(C(C(N)=O)c3cnc(-c4ccccc4)nc3)cc2)ccn1. The number of carbonyl (C=O) groups excluding carboxylic acids is 1. The number of aromatic nitrogens is 3. The van der Waals surface area contributed by atoms with Crippen LogP contribution in [0.3, 0.4) is 0 Å². The van der Waals surface area contributed by atoms with Crippen LogP contribution in [-0.2, 0) is 11.2 Å². The van der Waals surface area contributed by atoms with Gasteiger partial charge in [-0.25, -0.2) is 9.97 Å². The number of aryl methyl sites for hydroxylation is 1. The van der Waals surface area contributed by atoms with E-state index < -0.39 is 11.8 Å². The fourth-order valence-corrected chi connectivity index (χ4v) is 3.46. The van der Waals surface area contributed by atoms with Gasteiger partial charge in [-0.15, -0.1) is 0 Å². The molecule has 0 saturated heterocycles. The molecule has 2 heterocycles. The number of carbonyl (C=O) groups is 1. The smallest absolute Gasteiger partial charge is 0.229 e. The zero-order chi connectivity index (χ0) is 20.9. The summed E-state index contributed by atoms with van der Waals surface area (Å²) in [6.45, 7) is 2.08. The third-order valence-corrected chi connectivity index (χ3v) is 5.08. The zero-order valence-electron chi connectivity index (χ0n) is 16.7. The lowest BCUT2D eigenvalue weighted by atomic mass is 9.91. The van der Waals surface area contributed by atoms with Gasteiger partial charge < -0.3 is 5.73 Å². The van der Waals surface area contributed by atoms with Crippen LogP contribution in [0, 0.1) is 0 Å². The molecule has 5 nitrogen and oxygen atoms in total. The van der Waals surface area contributed by atoms with Gasteiger partial charge in [0, 0.05) is 35.4 Å². The summed E-state index contributed by atoms with van der Waals surface area (Å²) in [5.41, 5.74) is 11.3. The predicted octanol–water partition coefficient (Wildman–Crippen LogP) is 4.39. The molecule has 148 valence electrons. The molecule has 0 aliphatic heterocycles. The minimum Gasteiger partial charge on any atom is -0.369 e. The van der Waals surface area contributed by atoms with Gasteiger partial charge in [0.05, 0.1) is 5.92 Å². The van der Waals surface area contributed by atoms with Crippen LogP contribution in [0.2, 0.25) is 0 Å². The van der Waals surface area contributed by atoms with Crippen molar-refractivity contribution in [3.8, 4) is 22.5 Å². The highest BCUT2D eigenvalue weighted by Crippen LogP contribution is 2.27. The zero-order valence-corrected chi connectivity index (χ0v) is 16.7. The van der Waals surface area contributed by atoms with Crippen molar-refractivity contribution in [1.29, 1.82) is 0 Å². The Balaban J connectivity index is 1.62. The van der Waals surface area contributed by atoms with E-state index in [1.807, 2.05) is 66.9 Å². The van der Waals surface area contributed by atoms with Gasteiger partial charge in [-0.3, -0.25) is 9.78 Å². The topological polar surface area (TPSA) is 81.8 Å². The first kappa shape index (κ1) is 19.5. The lowest BCUT2D eigenvalue weighted by Crippen LogP contribution is -2.22. The van der Waals surface area contributed by atoms with E-state index >= 15 is 0 Å². The van der Waals surface area contributed by atoms with Gasteiger partial charge in [-0.05, 0) is 35.2 Å². The molecule has 0 saturated carbocycles. The van der Waals surface area contributed by atoms with Crippen LogP contribution in [0.1, 0.15) is 29.7 Å². The highest BCUT2D eigenvalue weighted by molar-refractivity contribution is 5.85. The van der Waals surface area contributed by atoms with Gasteiger partial charge >= 0.3 is 0 Å². The number of amides is 1. The molecule has 2 N–H and O–H groups in total. The second-order valence-electron chi connectivity index (χ2n) is 7.05. The Morgan fingerprint density at radius 3 is 2.17 bits per heavy atom. The molecule has 1 unspecified atom stereocenters. The Bertz CT molecular complexity index is 1140. The molecule has 0 bridgehead atoms. The van der Waals surface area contributed by atoms with Crippen molar-refractivity contribution in [3.63, 3.8) is 0 Å². The van der Waals surface area contributed by atoms with Gasteiger partial charge in [0.25, 0.3) is 0 Å². The molecule has 1 amide bonds. The summed E-state index contributed by atoms with van der Waals surface area (Å²) in [5.74, 6) is -0.425. The predicted molar refractivity (Wildman–Crippen MR) is 118 cm³/mol. The molecular weight excluding hydrogens is 372 g/mol. The largest absolute Gasteiger partial charge is 0.369 e. The average Bonchev–Trinajstić information content (AvgIpc) is 2.80. The van der Waals surface area contributed by atoms with Crippen molar-refractivity contribution in [2.75, 3.05) is 0 Å². The number of benzene rings is 2. The fourth-order valence-electron chi connectivity index (χ4n) is 3.46. The fraction of sp³-hybridized carbons (Fsp3) is 0.120. The van der Waals surface area contributed by atoms with Crippen LogP contribution in [0.5, 0.6) is 0 Å². The molecule has 2 aromatic carbocycles. The van der Waals surface area contributed by atoms with E-state index in [4.69, 9.17) is 5.73 Å². The molecule has 4 aromatic rings. The number of rotatable bonds is 6. The van der Waals surface area contributed by atoms with Crippen LogP contribution in [-0.4, -0.2) is 20.9 Å². The van der Waals surface area contributed by atoms with E-state index in [1.54, 1.807) is 12.4 Å². The van der Waals surface area contributed by atoms with E-state index in [2.05, 4.69) is 27.9 Å². The summed E-state index contributed by atoms with van der Waals surface area (Å²) in [7, 11) is 0. The minimum atomic E-state index is -0.604. The number of nitrogens with two attached hydrogens (primary N) is 1. The highest BCUT2D eigenvalue weighted by Gasteiger charge is 2.21. The quantitative estimate of drug-likeness (QED) is 0.526. The third-order valence-electron chi connectivity index (χ3n) is 5.08. The van der Waals surface area contributed by atoms with Gasteiger partial charge in [0.1, 0.15) is 0 Å². The third kappa shape index (κ3) is 4.10. The summed E-state index contributed by atoms with van der Waals surface area (Å²) in [5, 5.41) is 0. The van der Waals surface area contributed by atoms with Crippen molar-refractivity contribution in [2.45, 2.75) is 19.3 Å². The van der Waals surface area contributed by atoms with Crippen LogP contribution in [0.15, 0.2) is 85.3 Å². The molecule has 0 aliphatic carbocycles. The molecule has 1 atom stereocenters. The van der Waals surface area contributed by atoms with Crippen molar-refractivity contribution < 1.29 is 4.79 Å². The molecule has 30 heavy (non-hydrogen) atoms. The second-order valence-corrected chi connectivity index (χ2v) is 7.05. The Morgan fingerprint density at radius 2 is 1.53 bits per heavy atom. The Hall–Kier alpha value is -3.86. The summed E-state index contributed by atoms with van der Waals surface area (Å²) in [6.07, 6.45) is 6.05. The normalized spacial score (nSPS) is 11.8. The Labute approximate surface area is 175 Å². The van der Waals surface area contributed by atoms with E-state index in [0.29, 0.717) is 11.4 Å². The Morgan fingerprint density at radius 1 is 0.833 bits per heavy atom. The highest BCUT2D eigenvalue weighted by atomic mass is 16.1. The van der Waals surface area contributed by atoms with Crippen molar-refractivity contribution >= 4 is 5.91 Å². The lowest BCUT2D eigenvalue weighted by molar-refractivity contribution is -0.118. The second kappa shape index (κ2) is 8.66. The molecule has 5 heteroatoms. The summed E-state index contributed by atoms with van der Waals surface area (Å²) >= 11 is 0. The van der Waals surface area contributed by atoms with Crippen molar-refractivity contribution in [2.24, 2.45) is 5.73 Å². The molecule has 0 spiro atoms. The van der Waals surface area contributed by atoms with Gasteiger partial charge in [-0.2, -0.15) is 0 Å².